The minimum atomic E-state index is -0.0674. The molecular weight excluding hydrogens is 601 g/mol. The topological polar surface area (TPSA) is 97.1 Å². The van der Waals surface area contributed by atoms with E-state index in [4.69, 9.17) is 37.7 Å². The largest absolute Gasteiger partial charge is 0.495 e. The molecule has 44 heavy (non-hydrogen) atoms. The number of benzene rings is 2. The molecule has 226 valence electrons. The summed E-state index contributed by atoms with van der Waals surface area (Å²) in [4.78, 5) is 31.1. The second kappa shape index (κ2) is 12.3. The van der Waals surface area contributed by atoms with Gasteiger partial charge in [-0.05, 0) is 43.0 Å². The van der Waals surface area contributed by atoms with E-state index in [0.29, 0.717) is 49.9 Å². The van der Waals surface area contributed by atoms with Gasteiger partial charge in [0.1, 0.15) is 17.1 Å². The Balaban J connectivity index is 1.41. The first-order valence-electron chi connectivity index (χ1n) is 14.0. The highest BCUT2D eigenvalue weighted by Crippen LogP contribution is 2.47. The lowest BCUT2D eigenvalue weighted by molar-refractivity contribution is -0.114. The molecule has 0 unspecified atom stereocenters. The quantitative estimate of drug-likeness (QED) is 0.195. The predicted molar refractivity (Wildman–Crippen MR) is 175 cm³/mol. The summed E-state index contributed by atoms with van der Waals surface area (Å²) in [6.45, 7) is 7.48. The number of anilines is 3. The zero-order valence-corrected chi connectivity index (χ0v) is 26.1. The molecular formula is C32H31Cl2N7O3. The number of ether oxygens (including phenoxy) is 2. The number of nitrogens with zero attached hydrogens (tertiary/aromatic N) is 6. The molecule has 10 nitrogen and oxygen atoms in total. The first-order chi connectivity index (χ1) is 21.3. The number of allylic oxidation sites excluding steroid dienone is 1. The molecule has 4 heterocycles. The molecule has 0 radical (unpaired) electrons. The highest BCUT2D eigenvalue weighted by atomic mass is 35.5. The van der Waals surface area contributed by atoms with Gasteiger partial charge in [-0.15, -0.1) is 0 Å². The fraction of sp³-hybridized carbons (Fsp3) is 0.250. The van der Waals surface area contributed by atoms with Gasteiger partial charge >= 0.3 is 0 Å². The molecule has 5 aromatic rings. The lowest BCUT2D eigenvalue weighted by atomic mass is 10.0. The van der Waals surface area contributed by atoms with E-state index in [2.05, 4.69) is 50.8 Å². The number of imidazole rings is 1. The third-order valence-electron chi connectivity index (χ3n) is 7.84. The van der Waals surface area contributed by atoms with Crippen LogP contribution in [0.3, 0.4) is 0 Å². The number of aromatic nitrogens is 4. The maximum atomic E-state index is 12.4. The van der Waals surface area contributed by atoms with Crippen molar-refractivity contribution in [2.45, 2.75) is 6.42 Å². The van der Waals surface area contributed by atoms with Crippen molar-refractivity contribution in [1.82, 2.24) is 24.3 Å². The van der Waals surface area contributed by atoms with Crippen molar-refractivity contribution in [1.29, 1.82) is 0 Å². The van der Waals surface area contributed by atoms with Gasteiger partial charge in [-0.2, -0.15) is 4.98 Å². The number of nitrogens with one attached hydrogen (secondary N) is 1. The Kier molecular flexibility index (Phi) is 8.31. The zero-order chi connectivity index (χ0) is 31.0. The molecule has 1 aliphatic heterocycles. The van der Waals surface area contributed by atoms with Gasteiger partial charge in [0.15, 0.2) is 11.4 Å². The summed E-state index contributed by atoms with van der Waals surface area (Å²) in [6.07, 6.45) is 6.78. The number of likely N-dealkylation sites (N-methyl/N-ethyl adjacent to an activating group) is 1. The van der Waals surface area contributed by atoms with Crippen molar-refractivity contribution >= 4 is 63.0 Å². The third-order valence-corrected chi connectivity index (χ3v) is 8.60. The maximum absolute atomic E-state index is 12.4. The van der Waals surface area contributed by atoms with Crippen LogP contribution in [0.2, 0.25) is 10.0 Å². The standard InChI is InChI=1S/C32H31Cl2N7O3/c1-5-22(42)15-19-14-21(40-12-10-39(2)11-13-40)6-7-24(19)37-32-36-18-20-16-23(31-35-8-9-41(31)30(20)38-32)27-28(33)25(43-3)17-26(44-4)29(27)34/h5-9,14,16-18H,1,10-13,15H2,2-4H3,(H,36,37,38). The Morgan fingerprint density at radius 3 is 2.43 bits per heavy atom. The van der Waals surface area contributed by atoms with Gasteiger partial charge < -0.3 is 24.6 Å². The summed E-state index contributed by atoms with van der Waals surface area (Å²) >= 11 is 13.5. The van der Waals surface area contributed by atoms with Crippen LogP contribution in [-0.4, -0.2) is 77.5 Å². The van der Waals surface area contributed by atoms with Crippen LogP contribution in [0.25, 0.3) is 27.8 Å². The first-order valence-corrected chi connectivity index (χ1v) is 14.8. The molecule has 0 atom stereocenters. The van der Waals surface area contributed by atoms with E-state index in [1.54, 1.807) is 18.5 Å². The van der Waals surface area contributed by atoms with Crippen LogP contribution in [0, 0.1) is 0 Å². The number of pyridine rings is 1. The summed E-state index contributed by atoms with van der Waals surface area (Å²) < 4.78 is 12.8. The van der Waals surface area contributed by atoms with Crippen LogP contribution in [0.5, 0.6) is 11.5 Å². The van der Waals surface area contributed by atoms with Crippen molar-refractivity contribution in [2.75, 3.05) is 57.7 Å². The van der Waals surface area contributed by atoms with Crippen LogP contribution in [0.15, 0.2) is 61.6 Å². The van der Waals surface area contributed by atoms with Crippen molar-refractivity contribution in [3.05, 3.63) is 77.2 Å². The van der Waals surface area contributed by atoms with Crippen LogP contribution >= 0.6 is 23.2 Å². The summed E-state index contributed by atoms with van der Waals surface area (Å²) in [6, 6.07) is 9.64. The number of halogens is 2. The molecule has 1 saturated heterocycles. The summed E-state index contributed by atoms with van der Waals surface area (Å²) in [5.74, 6) is 1.15. The molecule has 0 amide bonds. The zero-order valence-electron chi connectivity index (χ0n) is 24.6. The molecule has 1 N–H and O–H groups in total. The van der Waals surface area contributed by atoms with Gasteiger partial charge in [-0.1, -0.05) is 29.8 Å². The van der Waals surface area contributed by atoms with E-state index < -0.39 is 0 Å². The van der Waals surface area contributed by atoms with E-state index in [1.165, 1.54) is 20.3 Å². The SMILES string of the molecule is C=CC(=O)Cc1cc(N2CCN(C)CC2)ccc1Nc1ncc2cc(-c3c(Cl)c(OC)cc(OC)c3Cl)c3nccn3c2n1. The van der Waals surface area contributed by atoms with Crippen LogP contribution in [0.4, 0.5) is 17.3 Å². The monoisotopic (exact) mass is 631 g/mol. The molecule has 1 fully saturated rings. The molecule has 6 rings (SSSR count). The summed E-state index contributed by atoms with van der Waals surface area (Å²) in [7, 11) is 5.19. The molecule has 0 saturated carbocycles. The second-order valence-electron chi connectivity index (χ2n) is 10.5. The Morgan fingerprint density at radius 1 is 1.02 bits per heavy atom. The number of rotatable bonds is 9. The van der Waals surface area contributed by atoms with Gasteiger partial charge in [0.25, 0.3) is 0 Å². The number of piperazine rings is 1. The average molecular weight is 633 g/mol. The van der Waals surface area contributed by atoms with Gasteiger partial charge in [-0.3, -0.25) is 9.20 Å². The molecule has 0 spiro atoms. The van der Waals surface area contributed by atoms with E-state index in [1.807, 2.05) is 22.7 Å². The van der Waals surface area contributed by atoms with E-state index in [0.717, 1.165) is 48.5 Å². The minimum Gasteiger partial charge on any atom is -0.495 e. The van der Waals surface area contributed by atoms with E-state index in [-0.39, 0.29) is 12.2 Å². The Labute approximate surface area is 264 Å². The number of carbonyl (C=O) groups excluding carboxylic acids is 1. The van der Waals surface area contributed by atoms with Crippen molar-refractivity contribution in [3.63, 3.8) is 0 Å². The Morgan fingerprint density at radius 2 is 1.75 bits per heavy atom. The normalized spacial score (nSPS) is 13.8. The maximum Gasteiger partial charge on any atom is 0.229 e. The molecule has 3 aromatic heterocycles. The van der Waals surface area contributed by atoms with E-state index in [9.17, 15) is 4.79 Å². The number of methoxy groups -OCH3 is 2. The number of hydrogen-bond acceptors (Lipinski definition) is 9. The highest BCUT2D eigenvalue weighted by Gasteiger charge is 2.23. The number of carbonyl (C=O) groups is 1. The molecule has 12 heteroatoms. The third kappa shape index (κ3) is 5.52. The summed E-state index contributed by atoms with van der Waals surface area (Å²) in [5.41, 5.74) is 5.08. The molecule has 0 bridgehead atoms. The predicted octanol–water partition coefficient (Wildman–Crippen LogP) is 6.06. The van der Waals surface area contributed by atoms with Crippen molar-refractivity contribution in [2.24, 2.45) is 0 Å². The summed E-state index contributed by atoms with van der Waals surface area (Å²) in [5, 5.41) is 4.75. The van der Waals surface area contributed by atoms with Gasteiger partial charge in [0, 0.05) is 85.1 Å². The highest BCUT2D eigenvalue weighted by molar-refractivity contribution is 6.41. The van der Waals surface area contributed by atoms with Crippen LogP contribution in [0.1, 0.15) is 5.56 Å². The molecule has 0 aliphatic carbocycles. The molecule has 2 aromatic carbocycles. The van der Waals surface area contributed by atoms with Crippen molar-refractivity contribution in [3.8, 4) is 22.6 Å². The lowest BCUT2D eigenvalue weighted by Gasteiger charge is -2.34. The number of hydrogen-bond donors (Lipinski definition) is 1. The van der Waals surface area contributed by atoms with Crippen LogP contribution in [-0.2, 0) is 11.2 Å². The smallest absolute Gasteiger partial charge is 0.229 e. The van der Waals surface area contributed by atoms with Crippen molar-refractivity contribution < 1.29 is 14.3 Å². The van der Waals surface area contributed by atoms with Gasteiger partial charge in [0.05, 0.1) is 24.3 Å². The average Bonchev–Trinajstić information content (AvgIpc) is 3.53. The second-order valence-corrected chi connectivity index (χ2v) is 11.3. The van der Waals surface area contributed by atoms with Crippen LogP contribution < -0.4 is 19.7 Å². The van der Waals surface area contributed by atoms with Gasteiger partial charge in [-0.25, -0.2) is 9.97 Å². The first kappa shape index (κ1) is 29.7. The fourth-order valence-electron chi connectivity index (χ4n) is 5.43. The Bertz CT molecular complexity index is 1870. The Hall–Kier alpha value is -4.38. The fourth-order valence-corrected chi connectivity index (χ4v) is 6.13. The number of fused-ring (bicyclic) bond motifs is 3. The lowest BCUT2D eigenvalue weighted by Crippen LogP contribution is -2.44. The van der Waals surface area contributed by atoms with E-state index >= 15 is 0 Å². The minimum absolute atomic E-state index is 0.0674. The van der Waals surface area contributed by atoms with Gasteiger partial charge in [0.2, 0.25) is 5.95 Å². The molecule has 1 aliphatic rings. The number of ketones is 1.